The van der Waals surface area contributed by atoms with Gasteiger partial charge in [0.25, 0.3) is 0 Å². The Kier molecular flexibility index (Phi) is 7.01. The molecule has 146 valence electrons. The zero-order valence-corrected chi connectivity index (χ0v) is 15.9. The van der Waals surface area contributed by atoms with E-state index in [0.29, 0.717) is 0 Å². The summed E-state index contributed by atoms with van der Waals surface area (Å²) in [7, 11) is 0. The molecule has 2 heterocycles. The van der Waals surface area contributed by atoms with Gasteiger partial charge in [0.1, 0.15) is 18.5 Å². The molecule has 1 aromatic heterocycles. The minimum atomic E-state index is -0.191. The molecule has 0 radical (unpaired) electrons. The molecule has 1 saturated heterocycles. The topological polar surface area (TPSA) is 61.6 Å². The van der Waals surface area contributed by atoms with Crippen LogP contribution in [0.25, 0.3) is 0 Å². The van der Waals surface area contributed by atoms with Crippen molar-refractivity contribution in [3.63, 3.8) is 0 Å². The van der Waals surface area contributed by atoms with Crippen LogP contribution in [0.15, 0.2) is 41.9 Å². The second-order valence-corrected chi connectivity index (χ2v) is 6.59. The van der Waals surface area contributed by atoms with E-state index in [1.165, 1.54) is 12.1 Å². The molecule has 0 unspecified atom stereocenters. The Morgan fingerprint density at radius 2 is 1.78 bits per heavy atom. The highest BCUT2D eigenvalue weighted by atomic mass is 19.1. The fourth-order valence-electron chi connectivity index (χ4n) is 3.18. The molecule has 0 aliphatic carbocycles. The van der Waals surface area contributed by atoms with Gasteiger partial charge in [0.15, 0.2) is 5.96 Å². The fraction of sp³-hybridized carbons (Fsp3) is 0.526. The van der Waals surface area contributed by atoms with Gasteiger partial charge in [-0.05, 0) is 44.0 Å². The average Bonchev–Trinajstić information content (AvgIpc) is 3.21. The number of benzene rings is 1. The number of guanidine groups is 1. The number of hydrogen-bond acceptors (Lipinski definition) is 4. The van der Waals surface area contributed by atoms with E-state index in [-0.39, 0.29) is 5.82 Å². The van der Waals surface area contributed by atoms with Gasteiger partial charge in [-0.1, -0.05) is 0 Å². The lowest BCUT2D eigenvalue weighted by molar-refractivity contribution is 0.372. The predicted molar refractivity (Wildman–Crippen MR) is 105 cm³/mol. The van der Waals surface area contributed by atoms with Crippen LogP contribution in [0.3, 0.4) is 0 Å². The lowest BCUT2D eigenvalue weighted by Gasteiger charge is -2.37. The van der Waals surface area contributed by atoms with Crippen LogP contribution in [-0.2, 0) is 6.54 Å². The second-order valence-electron chi connectivity index (χ2n) is 6.59. The van der Waals surface area contributed by atoms with Gasteiger partial charge in [-0.3, -0.25) is 4.99 Å². The Bertz CT molecular complexity index is 691. The zero-order chi connectivity index (χ0) is 18.9. The molecule has 1 fully saturated rings. The maximum absolute atomic E-state index is 13.1. The van der Waals surface area contributed by atoms with E-state index in [1.807, 2.05) is 16.7 Å². The normalized spacial score (nSPS) is 15.3. The lowest BCUT2D eigenvalue weighted by atomic mass is 10.2. The van der Waals surface area contributed by atoms with E-state index < -0.39 is 0 Å². The number of piperazine rings is 1. The number of anilines is 1. The molecule has 3 rings (SSSR count). The van der Waals surface area contributed by atoms with E-state index in [2.05, 4.69) is 32.2 Å². The molecule has 0 spiro atoms. The maximum atomic E-state index is 13.1. The van der Waals surface area contributed by atoms with Crippen molar-refractivity contribution in [3.05, 3.63) is 42.7 Å². The summed E-state index contributed by atoms with van der Waals surface area (Å²) in [5.74, 6) is 0.795. The summed E-state index contributed by atoms with van der Waals surface area (Å²) in [6.45, 7) is 8.31. The largest absolute Gasteiger partial charge is 0.368 e. The molecular weight excluding hydrogens is 345 g/mol. The summed E-state index contributed by atoms with van der Waals surface area (Å²) in [6.07, 6.45) is 5.57. The van der Waals surface area contributed by atoms with Gasteiger partial charge in [0.2, 0.25) is 0 Å². The predicted octanol–water partition coefficient (Wildman–Crippen LogP) is 1.99. The van der Waals surface area contributed by atoms with E-state index in [4.69, 9.17) is 4.99 Å². The molecule has 1 N–H and O–H groups in total. The van der Waals surface area contributed by atoms with Gasteiger partial charge in [0.05, 0.1) is 0 Å². The third kappa shape index (κ3) is 5.67. The number of aromatic nitrogens is 3. The SMILES string of the molecule is CCNC(=NCCCCn1cnnc1)N1CCN(c2ccc(F)cc2)CC1. The van der Waals surface area contributed by atoms with Crippen LogP contribution in [0.5, 0.6) is 0 Å². The van der Waals surface area contributed by atoms with Crippen LogP contribution in [0.4, 0.5) is 10.1 Å². The number of hydrogen-bond donors (Lipinski definition) is 1. The number of unbranched alkanes of at least 4 members (excludes halogenated alkanes) is 1. The summed E-state index contributed by atoms with van der Waals surface area (Å²) in [4.78, 5) is 9.39. The fourth-order valence-corrected chi connectivity index (χ4v) is 3.18. The molecule has 8 heteroatoms. The quantitative estimate of drug-likeness (QED) is 0.457. The summed E-state index contributed by atoms with van der Waals surface area (Å²) in [5, 5.41) is 11.0. The Labute approximate surface area is 159 Å². The van der Waals surface area contributed by atoms with Gasteiger partial charge in [0, 0.05) is 51.5 Å². The maximum Gasteiger partial charge on any atom is 0.194 e. The number of halogens is 1. The van der Waals surface area contributed by atoms with Crippen molar-refractivity contribution in [2.24, 2.45) is 4.99 Å². The summed E-state index contributed by atoms with van der Waals surface area (Å²) < 4.78 is 15.1. The van der Waals surface area contributed by atoms with E-state index in [9.17, 15) is 4.39 Å². The minimum absolute atomic E-state index is 0.191. The second kappa shape index (κ2) is 9.89. The number of rotatable bonds is 7. The van der Waals surface area contributed by atoms with Crippen LogP contribution >= 0.6 is 0 Å². The molecule has 27 heavy (non-hydrogen) atoms. The third-order valence-corrected chi connectivity index (χ3v) is 4.66. The van der Waals surface area contributed by atoms with Crippen LogP contribution in [0, 0.1) is 5.82 Å². The van der Waals surface area contributed by atoms with Gasteiger partial charge >= 0.3 is 0 Å². The van der Waals surface area contributed by atoms with Gasteiger partial charge in [-0.15, -0.1) is 10.2 Å². The number of aryl methyl sites for hydroxylation is 1. The minimum Gasteiger partial charge on any atom is -0.368 e. The molecule has 2 aromatic rings. The number of aliphatic imine (C=N–C) groups is 1. The van der Waals surface area contributed by atoms with Gasteiger partial charge < -0.3 is 19.7 Å². The van der Waals surface area contributed by atoms with Crippen LogP contribution < -0.4 is 10.2 Å². The molecule has 0 atom stereocenters. The summed E-state index contributed by atoms with van der Waals surface area (Å²) >= 11 is 0. The van der Waals surface area contributed by atoms with E-state index in [1.54, 1.807) is 12.7 Å². The molecule has 7 nitrogen and oxygen atoms in total. The Morgan fingerprint density at radius 1 is 1.07 bits per heavy atom. The molecule has 1 aliphatic heterocycles. The lowest BCUT2D eigenvalue weighted by Crippen LogP contribution is -2.52. The molecule has 0 amide bonds. The first kappa shape index (κ1) is 19.1. The molecule has 0 bridgehead atoms. The zero-order valence-electron chi connectivity index (χ0n) is 15.9. The summed E-state index contributed by atoms with van der Waals surface area (Å²) in [5.41, 5.74) is 1.08. The number of nitrogens with zero attached hydrogens (tertiary/aromatic N) is 6. The molecule has 1 aliphatic rings. The Hall–Kier alpha value is -2.64. The first-order valence-electron chi connectivity index (χ1n) is 9.62. The molecule has 0 saturated carbocycles. The highest BCUT2D eigenvalue weighted by Gasteiger charge is 2.19. The molecular formula is C19H28FN7. The van der Waals surface area contributed by atoms with Crippen LogP contribution in [-0.4, -0.2) is 64.9 Å². The smallest absolute Gasteiger partial charge is 0.194 e. The highest BCUT2D eigenvalue weighted by Crippen LogP contribution is 2.17. The van der Waals surface area contributed by atoms with Crippen molar-refractivity contribution in [1.82, 2.24) is 25.0 Å². The van der Waals surface area contributed by atoms with E-state index in [0.717, 1.165) is 70.3 Å². The van der Waals surface area contributed by atoms with Crippen molar-refractivity contribution < 1.29 is 4.39 Å². The van der Waals surface area contributed by atoms with Crippen LogP contribution in [0.2, 0.25) is 0 Å². The van der Waals surface area contributed by atoms with Crippen molar-refractivity contribution in [2.45, 2.75) is 26.3 Å². The average molecular weight is 373 g/mol. The van der Waals surface area contributed by atoms with Gasteiger partial charge in [-0.25, -0.2) is 4.39 Å². The Balaban J connectivity index is 1.46. The highest BCUT2D eigenvalue weighted by molar-refractivity contribution is 5.80. The van der Waals surface area contributed by atoms with E-state index >= 15 is 0 Å². The monoisotopic (exact) mass is 373 g/mol. The Morgan fingerprint density at radius 3 is 2.44 bits per heavy atom. The van der Waals surface area contributed by atoms with Crippen molar-refractivity contribution >= 4 is 11.6 Å². The van der Waals surface area contributed by atoms with Crippen molar-refractivity contribution in [1.29, 1.82) is 0 Å². The van der Waals surface area contributed by atoms with Crippen molar-refractivity contribution in [3.8, 4) is 0 Å². The first-order chi connectivity index (χ1) is 13.3. The van der Waals surface area contributed by atoms with Crippen molar-refractivity contribution in [2.75, 3.05) is 44.2 Å². The molecule has 1 aromatic carbocycles. The first-order valence-corrected chi connectivity index (χ1v) is 9.62. The number of nitrogens with one attached hydrogen (secondary N) is 1. The standard InChI is InChI=1S/C19H28FN7/c1-2-21-19(22-9-3-4-10-25-15-23-24-16-25)27-13-11-26(12-14-27)18-7-5-17(20)6-8-18/h5-8,15-16H,2-4,9-14H2,1H3,(H,21,22). The van der Waals surface area contributed by atoms with Gasteiger partial charge in [-0.2, -0.15) is 0 Å². The van der Waals surface area contributed by atoms with Crippen LogP contribution in [0.1, 0.15) is 19.8 Å². The third-order valence-electron chi connectivity index (χ3n) is 4.66. The summed E-state index contributed by atoms with van der Waals surface area (Å²) in [6, 6.07) is 6.74.